The summed E-state index contributed by atoms with van der Waals surface area (Å²) < 4.78 is 0.997. The van der Waals surface area contributed by atoms with Gasteiger partial charge in [-0.15, -0.1) is 12.4 Å². The molecule has 1 unspecified atom stereocenters. The van der Waals surface area contributed by atoms with Crippen molar-refractivity contribution in [3.63, 3.8) is 0 Å². The van der Waals surface area contributed by atoms with E-state index in [9.17, 15) is 4.79 Å². The van der Waals surface area contributed by atoms with Crippen molar-refractivity contribution < 1.29 is 0 Å². The Balaban J connectivity index is 0.00000245. The molecule has 4 N–H and O–H groups in total. The van der Waals surface area contributed by atoms with Crippen LogP contribution < -0.4 is 16.6 Å². The van der Waals surface area contributed by atoms with E-state index in [1.54, 1.807) is 6.20 Å². The van der Waals surface area contributed by atoms with Crippen molar-refractivity contribution in [1.29, 1.82) is 0 Å². The number of likely N-dealkylation sites (tertiary alicyclic amines) is 1. The highest BCUT2D eigenvalue weighted by molar-refractivity contribution is 9.10. The van der Waals surface area contributed by atoms with Gasteiger partial charge in [0.2, 0.25) is 0 Å². The molecule has 32 heavy (non-hydrogen) atoms. The van der Waals surface area contributed by atoms with Crippen LogP contribution in [0.3, 0.4) is 0 Å². The van der Waals surface area contributed by atoms with Crippen molar-refractivity contribution in [3.05, 3.63) is 68.7 Å². The van der Waals surface area contributed by atoms with Crippen LogP contribution in [0.2, 0.25) is 0 Å². The van der Waals surface area contributed by atoms with E-state index in [2.05, 4.69) is 47.3 Å². The van der Waals surface area contributed by atoms with Crippen molar-refractivity contribution in [2.45, 2.75) is 37.9 Å². The Hall–Kier alpha value is -1.84. The van der Waals surface area contributed by atoms with Gasteiger partial charge in [-0.25, -0.2) is 5.01 Å². The van der Waals surface area contributed by atoms with E-state index in [1.807, 2.05) is 30.3 Å². The number of nitrogens with two attached hydrogens (primary N) is 1. The molecule has 0 amide bonds. The summed E-state index contributed by atoms with van der Waals surface area (Å²) >= 11 is 3.53. The summed E-state index contributed by atoms with van der Waals surface area (Å²) in [6.07, 6.45) is 7.24. The smallest absolute Gasteiger partial charge is 0.257 e. The summed E-state index contributed by atoms with van der Waals surface area (Å²) in [7, 11) is 0. The molecule has 1 aromatic heterocycles. The number of hydrazine groups is 1. The van der Waals surface area contributed by atoms with Crippen molar-refractivity contribution in [3.8, 4) is 0 Å². The van der Waals surface area contributed by atoms with Gasteiger partial charge in [-0.05, 0) is 49.1 Å². The molecule has 4 heterocycles. The van der Waals surface area contributed by atoms with E-state index in [0.29, 0.717) is 18.6 Å². The molecule has 7 nitrogen and oxygen atoms in total. The van der Waals surface area contributed by atoms with Crippen molar-refractivity contribution in [2.75, 3.05) is 31.5 Å². The molecule has 1 aromatic carbocycles. The predicted octanol–water partition coefficient (Wildman–Crippen LogP) is 3.20. The second-order valence-electron chi connectivity index (χ2n) is 8.71. The number of aromatic amines is 1. The molecule has 0 spiro atoms. The zero-order valence-corrected chi connectivity index (χ0v) is 20.4. The number of piperidine rings is 1. The fraction of sp³-hybridized carbons (Fsp3) is 0.435. The first kappa shape index (κ1) is 23.3. The highest BCUT2D eigenvalue weighted by Crippen LogP contribution is 2.29. The highest BCUT2D eigenvalue weighted by Gasteiger charge is 2.32. The Morgan fingerprint density at radius 1 is 1.12 bits per heavy atom. The number of hydrogen-bond donors (Lipinski definition) is 3. The van der Waals surface area contributed by atoms with Gasteiger partial charge in [0, 0.05) is 60.8 Å². The standard InChI is InChI=1S/C23H29BrN6O.ClH/c24-17-2-1-3-19(12-17)27-21-15-30(13-16-4-8-26-23(31)22(16)21)29-10-6-20(7-11-29)28-9-5-18(25)14-28;/h1-4,8,12,15,18,20,27H,5-7,9-11,13-14,25H2,(H,26,31);1H. The number of fused-ring (bicyclic) bond motifs is 1. The number of nitrogens with zero attached hydrogens (tertiary/aromatic N) is 3. The Bertz CT molecular complexity index is 1040. The first-order valence-electron chi connectivity index (χ1n) is 11.0. The SMILES string of the molecule is Cl.NC1CCN(C2CCN(N3C=C(Nc4cccc(Br)c4)c4c(cc[nH]c4=O)C3)CC2)C1. The fourth-order valence-corrected chi connectivity index (χ4v) is 5.40. The van der Waals surface area contributed by atoms with Crippen LogP contribution in [0.25, 0.3) is 5.70 Å². The third-order valence-corrected chi connectivity index (χ3v) is 7.10. The van der Waals surface area contributed by atoms with Gasteiger partial charge in [0.05, 0.1) is 17.8 Å². The molecule has 5 rings (SSSR count). The summed E-state index contributed by atoms with van der Waals surface area (Å²) in [5.74, 6) is 0. The quantitative estimate of drug-likeness (QED) is 0.573. The van der Waals surface area contributed by atoms with Gasteiger partial charge >= 0.3 is 0 Å². The number of hydrogen-bond acceptors (Lipinski definition) is 6. The van der Waals surface area contributed by atoms with Crippen LogP contribution in [0.5, 0.6) is 0 Å². The van der Waals surface area contributed by atoms with Gasteiger partial charge < -0.3 is 21.0 Å². The van der Waals surface area contributed by atoms with E-state index in [-0.39, 0.29) is 18.0 Å². The first-order valence-corrected chi connectivity index (χ1v) is 11.8. The Morgan fingerprint density at radius 2 is 1.94 bits per heavy atom. The average Bonchev–Trinajstić information content (AvgIpc) is 3.20. The molecular weight excluding hydrogens is 492 g/mol. The minimum Gasteiger partial charge on any atom is -0.354 e. The minimum atomic E-state index is -0.0602. The van der Waals surface area contributed by atoms with Crippen LogP contribution in [-0.2, 0) is 6.54 Å². The molecule has 0 radical (unpaired) electrons. The molecule has 2 aromatic rings. The van der Waals surface area contributed by atoms with Crippen molar-refractivity contribution in [1.82, 2.24) is 19.9 Å². The second kappa shape index (κ2) is 9.97. The molecular formula is C23H30BrClN6O. The summed E-state index contributed by atoms with van der Waals surface area (Å²) in [4.78, 5) is 18.0. The largest absolute Gasteiger partial charge is 0.354 e. The molecule has 3 aliphatic rings. The number of pyridine rings is 1. The number of benzene rings is 1. The summed E-state index contributed by atoms with van der Waals surface area (Å²) in [6.45, 7) is 4.89. The maximum Gasteiger partial charge on any atom is 0.257 e. The lowest BCUT2D eigenvalue weighted by atomic mass is 10.0. The Labute approximate surface area is 203 Å². The van der Waals surface area contributed by atoms with E-state index in [4.69, 9.17) is 5.73 Å². The molecule has 0 bridgehead atoms. The number of rotatable bonds is 4. The third kappa shape index (κ3) is 4.89. The van der Waals surface area contributed by atoms with E-state index in [0.717, 1.165) is 72.4 Å². The van der Waals surface area contributed by atoms with Gasteiger partial charge in [0.25, 0.3) is 5.56 Å². The average molecular weight is 522 g/mol. The summed E-state index contributed by atoms with van der Waals surface area (Å²) in [5, 5.41) is 8.15. The van der Waals surface area contributed by atoms with E-state index >= 15 is 0 Å². The first-order chi connectivity index (χ1) is 15.1. The Kier molecular flexibility index (Phi) is 7.27. The normalized spacial score (nSPS) is 22.2. The Morgan fingerprint density at radius 3 is 2.66 bits per heavy atom. The van der Waals surface area contributed by atoms with Crippen molar-refractivity contribution >= 4 is 39.7 Å². The third-order valence-electron chi connectivity index (χ3n) is 6.61. The van der Waals surface area contributed by atoms with Crippen LogP contribution in [0, 0.1) is 0 Å². The topological polar surface area (TPSA) is 80.6 Å². The number of H-pyrrole nitrogens is 1. The molecule has 172 valence electrons. The van der Waals surface area contributed by atoms with Crippen LogP contribution in [0.4, 0.5) is 5.69 Å². The van der Waals surface area contributed by atoms with Gasteiger partial charge in [0.1, 0.15) is 0 Å². The maximum absolute atomic E-state index is 12.6. The lowest BCUT2D eigenvalue weighted by Gasteiger charge is -2.43. The molecule has 9 heteroatoms. The lowest BCUT2D eigenvalue weighted by molar-refractivity contribution is -0.0241. The van der Waals surface area contributed by atoms with E-state index < -0.39 is 0 Å². The molecule has 1 atom stereocenters. The lowest BCUT2D eigenvalue weighted by Crippen LogP contribution is -2.50. The highest BCUT2D eigenvalue weighted by atomic mass is 79.9. The van der Waals surface area contributed by atoms with Crippen LogP contribution >= 0.6 is 28.3 Å². The molecule has 0 saturated carbocycles. The molecule has 0 aliphatic carbocycles. The number of aromatic nitrogens is 1. The second-order valence-corrected chi connectivity index (χ2v) is 9.63. The van der Waals surface area contributed by atoms with Crippen LogP contribution in [-0.4, -0.2) is 58.2 Å². The molecule has 2 fully saturated rings. The minimum absolute atomic E-state index is 0. The van der Waals surface area contributed by atoms with Gasteiger partial charge in [-0.3, -0.25) is 9.69 Å². The molecule has 3 aliphatic heterocycles. The summed E-state index contributed by atoms with van der Waals surface area (Å²) in [5.41, 5.74) is 9.59. The zero-order chi connectivity index (χ0) is 21.4. The molecule has 2 saturated heterocycles. The number of nitrogens with one attached hydrogen (secondary N) is 2. The fourth-order valence-electron chi connectivity index (χ4n) is 5.00. The van der Waals surface area contributed by atoms with Gasteiger partial charge in [-0.2, -0.15) is 0 Å². The van der Waals surface area contributed by atoms with Crippen LogP contribution in [0.15, 0.2) is 52.0 Å². The summed E-state index contributed by atoms with van der Waals surface area (Å²) in [6, 6.07) is 11.0. The monoisotopic (exact) mass is 520 g/mol. The van der Waals surface area contributed by atoms with Gasteiger partial charge in [-0.1, -0.05) is 22.0 Å². The van der Waals surface area contributed by atoms with Gasteiger partial charge in [0.15, 0.2) is 0 Å². The predicted molar refractivity (Wildman–Crippen MR) is 134 cm³/mol. The number of anilines is 1. The number of halogens is 2. The van der Waals surface area contributed by atoms with E-state index in [1.165, 1.54) is 0 Å². The maximum atomic E-state index is 12.6. The van der Waals surface area contributed by atoms with Crippen molar-refractivity contribution in [2.24, 2.45) is 5.73 Å². The zero-order valence-electron chi connectivity index (χ0n) is 18.0. The van der Waals surface area contributed by atoms with Crippen LogP contribution in [0.1, 0.15) is 30.4 Å².